The summed E-state index contributed by atoms with van der Waals surface area (Å²) in [5.74, 6) is -1.20. The van der Waals surface area contributed by atoms with Crippen LogP contribution < -0.4 is 5.32 Å². The van der Waals surface area contributed by atoms with Gasteiger partial charge in [0.1, 0.15) is 6.04 Å². The Kier molecular flexibility index (Phi) is 2.89. The predicted octanol–water partition coefficient (Wildman–Crippen LogP) is 0.956. The van der Waals surface area contributed by atoms with Gasteiger partial charge in [-0.2, -0.15) is 0 Å². The Morgan fingerprint density at radius 3 is 2.79 bits per heavy atom. The highest BCUT2D eigenvalue weighted by atomic mass is 16.4. The second kappa shape index (κ2) is 4.57. The highest BCUT2D eigenvalue weighted by Crippen LogP contribution is 2.27. The van der Waals surface area contributed by atoms with Gasteiger partial charge in [-0.15, -0.1) is 0 Å². The Labute approximate surface area is 111 Å². The number of carbonyl (C=O) groups is 2. The van der Waals surface area contributed by atoms with Gasteiger partial charge in [-0.05, 0) is 18.1 Å². The molecule has 100 valence electrons. The van der Waals surface area contributed by atoms with E-state index >= 15 is 0 Å². The molecule has 2 heterocycles. The van der Waals surface area contributed by atoms with Crippen molar-refractivity contribution in [2.45, 2.75) is 18.9 Å². The first-order valence-corrected chi connectivity index (χ1v) is 6.51. The van der Waals surface area contributed by atoms with Crippen LogP contribution in [0.4, 0.5) is 5.69 Å². The van der Waals surface area contributed by atoms with Gasteiger partial charge in [0.25, 0.3) is 0 Å². The molecule has 5 heteroatoms. The van der Waals surface area contributed by atoms with Crippen molar-refractivity contribution in [2.75, 3.05) is 18.4 Å². The molecule has 0 bridgehead atoms. The Bertz CT molecular complexity index is 504. The fourth-order valence-electron chi connectivity index (χ4n) is 2.83. The number of rotatable bonds is 2. The molecule has 0 radical (unpaired) electrons. The summed E-state index contributed by atoms with van der Waals surface area (Å²) in [6.45, 7) is 0.882. The lowest BCUT2D eigenvalue weighted by atomic mass is 10.1. The summed E-state index contributed by atoms with van der Waals surface area (Å²) >= 11 is 0. The van der Waals surface area contributed by atoms with Crippen LogP contribution in [0.25, 0.3) is 0 Å². The monoisotopic (exact) mass is 260 g/mol. The van der Waals surface area contributed by atoms with Gasteiger partial charge in [0.2, 0.25) is 5.91 Å². The number of likely N-dealkylation sites (tertiary alicyclic amines) is 1. The maximum atomic E-state index is 12.4. The molecule has 5 nitrogen and oxygen atoms in total. The highest BCUT2D eigenvalue weighted by Gasteiger charge is 2.36. The number of nitrogens with one attached hydrogen (secondary N) is 1. The van der Waals surface area contributed by atoms with Crippen molar-refractivity contribution in [3.05, 3.63) is 29.8 Å². The molecule has 2 N–H and O–H groups in total. The first kappa shape index (κ1) is 12.0. The molecule has 2 atom stereocenters. The van der Waals surface area contributed by atoms with Crippen molar-refractivity contribution in [1.82, 2.24) is 4.90 Å². The number of hydrogen-bond acceptors (Lipinski definition) is 3. The molecule has 1 aromatic carbocycles. The van der Waals surface area contributed by atoms with Crippen molar-refractivity contribution in [1.29, 1.82) is 0 Å². The van der Waals surface area contributed by atoms with E-state index in [4.69, 9.17) is 5.11 Å². The van der Waals surface area contributed by atoms with Gasteiger partial charge in [0.15, 0.2) is 0 Å². The van der Waals surface area contributed by atoms with Gasteiger partial charge in [-0.25, -0.2) is 0 Å². The number of nitrogens with zero attached hydrogens (tertiary/aromatic N) is 1. The summed E-state index contributed by atoms with van der Waals surface area (Å²) in [6.07, 6.45) is 1.24. The number of benzene rings is 1. The van der Waals surface area contributed by atoms with E-state index in [9.17, 15) is 9.59 Å². The first-order valence-electron chi connectivity index (χ1n) is 6.51. The van der Waals surface area contributed by atoms with Gasteiger partial charge >= 0.3 is 5.97 Å². The Morgan fingerprint density at radius 1 is 1.32 bits per heavy atom. The minimum absolute atomic E-state index is 0.0138. The van der Waals surface area contributed by atoms with E-state index in [1.54, 1.807) is 4.90 Å². The standard InChI is InChI=1S/C14H16N2O3/c17-13(16-6-5-10(8-16)14(18)19)12-7-9-3-1-2-4-11(9)15-12/h1-4,10,12,15H,5-8H2,(H,18,19). The maximum Gasteiger partial charge on any atom is 0.308 e. The third kappa shape index (κ3) is 2.16. The second-order valence-corrected chi connectivity index (χ2v) is 5.17. The molecule has 0 spiro atoms. The molecule has 2 unspecified atom stereocenters. The Morgan fingerprint density at radius 2 is 2.11 bits per heavy atom. The number of aliphatic carboxylic acids is 1. The number of amides is 1. The van der Waals surface area contributed by atoms with Crippen molar-refractivity contribution in [3.63, 3.8) is 0 Å². The third-order valence-electron chi connectivity index (χ3n) is 3.92. The molecule has 19 heavy (non-hydrogen) atoms. The number of carboxylic acid groups (broad SMARTS) is 1. The number of carbonyl (C=O) groups excluding carboxylic acids is 1. The van der Waals surface area contributed by atoms with Crippen LogP contribution in [0.3, 0.4) is 0 Å². The summed E-state index contributed by atoms with van der Waals surface area (Å²) in [6, 6.07) is 7.63. The molecule has 1 fully saturated rings. The van der Waals surface area contributed by atoms with Crippen molar-refractivity contribution < 1.29 is 14.7 Å². The van der Waals surface area contributed by atoms with E-state index in [0.29, 0.717) is 25.9 Å². The second-order valence-electron chi connectivity index (χ2n) is 5.17. The summed E-state index contributed by atoms with van der Waals surface area (Å²) < 4.78 is 0. The van der Waals surface area contributed by atoms with Crippen LogP contribution in [0.15, 0.2) is 24.3 Å². The van der Waals surface area contributed by atoms with Gasteiger partial charge < -0.3 is 15.3 Å². The molecule has 0 saturated carbocycles. The zero-order chi connectivity index (χ0) is 13.4. The largest absolute Gasteiger partial charge is 0.481 e. The van der Waals surface area contributed by atoms with Gasteiger partial charge in [0, 0.05) is 25.2 Å². The van der Waals surface area contributed by atoms with Crippen LogP contribution in [0.1, 0.15) is 12.0 Å². The summed E-state index contributed by atoms with van der Waals surface area (Å²) in [5.41, 5.74) is 2.16. The number of carboxylic acids is 1. The van der Waals surface area contributed by atoms with E-state index in [-0.39, 0.29) is 11.9 Å². The maximum absolute atomic E-state index is 12.4. The molecule has 2 aliphatic rings. The fraction of sp³-hybridized carbons (Fsp3) is 0.429. The molecule has 3 rings (SSSR count). The number of para-hydroxylation sites is 1. The Hall–Kier alpha value is -2.04. The zero-order valence-electron chi connectivity index (χ0n) is 10.5. The number of fused-ring (bicyclic) bond motifs is 1. The minimum atomic E-state index is -0.807. The van der Waals surface area contributed by atoms with Gasteiger partial charge in [0.05, 0.1) is 5.92 Å². The quantitative estimate of drug-likeness (QED) is 0.831. The normalized spacial score (nSPS) is 24.9. The van der Waals surface area contributed by atoms with Crippen LogP contribution in [0, 0.1) is 5.92 Å². The van der Waals surface area contributed by atoms with Crippen molar-refractivity contribution in [3.8, 4) is 0 Å². The van der Waals surface area contributed by atoms with Crippen LogP contribution >= 0.6 is 0 Å². The van der Waals surface area contributed by atoms with Crippen LogP contribution in [-0.4, -0.2) is 41.0 Å². The summed E-state index contributed by atoms with van der Waals surface area (Å²) in [5, 5.41) is 12.2. The number of hydrogen-bond donors (Lipinski definition) is 2. The summed E-state index contributed by atoms with van der Waals surface area (Å²) in [7, 11) is 0. The van der Waals surface area contributed by atoms with E-state index < -0.39 is 11.9 Å². The highest BCUT2D eigenvalue weighted by molar-refractivity contribution is 5.88. The first-order chi connectivity index (χ1) is 9.15. The molecular weight excluding hydrogens is 244 g/mol. The van der Waals surface area contributed by atoms with Crippen LogP contribution in [-0.2, 0) is 16.0 Å². The van der Waals surface area contributed by atoms with Crippen LogP contribution in [0.2, 0.25) is 0 Å². The lowest BCUT2D eigenvalue weighted by Crippen LogP contribution is -2.41. The predicted molar refractivity (Wildman–Crippen MR) is 69.9 cm³/mol. The van der Waals surface area contributed by atoms with Gasteiger partial charge in [-0.3, -0.25) is 9.59 Å². The zero-order valence-corrected chi connectivity index (χ0v) is 10.5. The van der Waals surface area contributed by atoms with Crippen LogP contribution in [0.5, 0.6) is 0 Å². The molecular formula is C14H16N2O3. The molecule has 0 aromatic heterocycles. The minimum Gasteiger partial charge on any atom is -0.481 e. The van der Waals surface area contributed by atoms with Crippen molar-refractivity contribution >= 4 is 17.6 Å². The fourth-order valence-corrected chi connectivity index (χ4v) is 2.83. The smallest absolute Gasteiger partial charge is 0.308 e. The molecule has 1 aromatic rings. The average Bonchev–Trinajstić information content (AvgIpc) is 3.04. The molecule has 1 saturated heterocycles. The lowest BCUT2D eigenvalue weighted by Gasteiger charge is -2.20. The van der Waals surface area contributed by atoms with Crippen molar-refractivity contribution in [2.24, 2.45) is 5.92 Å². The summed E-state index contributed by atoms with van der Waals surface area (Å²) in [4.78, 5) is 24.9. The molecule has 1 amide bonds. The average molecular weight is 260 g/mol. The van der Waals surface area contributed by atoms with E-state index in [1.807, 2.05) is 24.3 Å². The van der Waals surface area contributed by atoms with E-state index in [0.717, 1.165) is 11.3 Å². The third-order valence-corrected chi connectivity index (χ3v) is 3.92. The SMILES string of the molecule is O=C(O)C1CCN(C(=O)C2Cc3ccccc3N2)C1. The topological polar surface area (TPSA) is 69.6 Å². The van der Waals surface area contributed by atoms with E-state index in [2.05, 4.69) is 5.32 Å². The lowest BCUT2D eigenvalue weighted by molar-refractivity contribution is -0.141. The molecule has 0 aliphatic carbocycles. The Balaban J connectivity index is 1.66. The van der Waals surface area contributed by atoms with Gasteiger partial charge in [-0.1, -0.05) is 18.2 Å². The molecule has 2 aliphatic heterocycles. The van der Waals surface area contributed by atoms with E-state index in [1.165, 1.54) is 0 Å². The number of anilines is 1.